The van der Waals surface area contributed by atoms with Gasteiger partial charge in [-0.1, -0.05) is 46.3 Å². The number of hydrogen-bond donors (Lipinski definition) is 1. The Balaban J connectivity index is 2.09. The van der Waals surface area contributed by atoms with E-state index in [1.54, 1.807) is 6.20 Å². The molecule has 4 heteroatoms. The minimum atomic E-state index is 0.0953. The minimum Gasteiger partial charge on any atom is -0.377 e. The average Bonchev–Trinajstić information content (AvgIpc) is 2.56. The number of aromatic nitrogens is 1. The molecule has 3 rings (SSSR count). The summed E-state index contributed by atoms with van der Waals surface area (Å²) < 4.78 is 0.965. The van der Waals surface area contributed by atoms with Crippen molar-refractivity contribution in [2.75, 3.05) is 5.32 Å². The van der Waals surface area contributed by atoms with Gasteiger partial charge in [-0.2, -0.15) is 5.26 Å². The van der Waals surface area contributed by atoms with Crippen molar-refractivity contribution >= 4 is 32.5 Å². The van der Waals surface area contributed by atoms with Crippen LogP contribution in [-0.2, 0) is 0 Å². The molecule has 1 aromatic heterocycles. The fraction of sp³-hybridized carbons (Fsp3) is 0.111. The quantitative estimate of drug-likeness (QED) is 0.718. The highest BCUT2D eigenvalue weighted by Crippen LogP contribution is 2.31. The molecule has 1 atom stereocenters. The molecule has 0 saturated carbocycles. The first kappa shape index (κ1) is 14.6. The summed E-state index contributed by atoms with van der Waals surface area (Å²) in [6.07, 6.45) is 1.62. The fourth-order valence-electron chi connectivity index (χ4n) is 2.45. The van der Waals surface area contributed by atoms with Gasteiger partial charge in [-0.05, 0) is 30.7 Å². The van der Waals surface area contributed by atoms with Gasteiger partial charge in [0.25, 0.3) is 0 Å². The van der Waals surface area contributed by atoms with E-state index in [9.17, 15) is 5.26 Å². The van der Waals surface area contributed by atoms with Crippen molar-refractivity contribution in [1.82, 2.24) is 4.98 Å². The molecule has 1 unspecified atom stereocenters. The first-order valence-electron chi connectivity index (χ1n) is 6.99. The van der Waals surface area contributed by atoms with Crippen LogP contribution in [0.15, 0.2) is 59.2 Å². The van der Waals surface area contributed by atoms with Gasteiger partial charge in [-0.15, -0.1) is 0 Å². The summed E-state index contributed by atoms with van der Waals surface area (Å²) >= 11 is 3.49. The summed E-state index contributed by atoms with van der Waals surface area (Å²) in [6, 6.07) is 18.4. The van der Waals surface area contributed by atoms with Crippen LogP contribution in [0.4, 0.5) is 5.69 Å². The van der Waals surface area contributed by atoms with Crippen LogP contribution in [0.5, 0.6) is 0 Å². The van der Waals surface area contributed by atoms with Crippen LogP contribution in [0.1, 0.15) is 24.1 Å². The number of fused-ring (bicyclic) bond motifs is 1. The Kier molecular flexibility index (Phi) is 4.08. The van der Waals surface area contributed by atoms with E-state index < -0.39 is 0 Å². The van der Waals surface area contributed by atoms with Crippen LogP contribution < -0.4 is 5.32 Å². The van der Waals surface area contributed by atoms with Crippen molar-refractivity contribution in [3.63, 3.8) is 0 Å². The Hall–Kier alpha value is -2.38. The minimum absolute atomic E-state index is 0.0953. The van der Waals surface area contributed by atoms with Crippen molar-refractivity contribution in [2.45, 2.75) is 13.0 Å². The lowest BCUT2D eigenvalue weighted by molar-refractivity contribution is 0.885. The van der Waals surface area contributed by atoms with Gasteiger partial charge in [0.1, 0.15) is 6.07 Å². The van der Waals surface area contributed by atoms with Crippen molar-refractivity contribution in [3.8, 4) is 6.07 Å². The molecule has 0 aliphatic rings. The maximum atomic E-state index is 9.39. The summed E-state index contributed by atoms with van der Waals surface area (Å²) in [5.41, 5.74) is 3.41. The summed E-state index contributed by atoms with van der Waals surface area (Å²) in [7, 11) is 0. The Bertz CT molecular complexity index is 853. The standard InChI is InChI=1S/C18H14BrN3/c1-12(13-5-3-2-4-6-13)22-18-14(10-20)11-21-17-8-7-15(19)9-16(17)18/h2-9,11-12H,1H3,(H,21,22). The number of nitrogens with one attached hydrogen (secondary N) is 1. The second-order valence-electron chi connectivity index (χ2n) is 5.10. The Morgan fingerprint density at radius 3 is 2.68 bits per heavy atom. The molecule has 108 valence electrons. The first-order valence-corrected chi connectivity index (χ1v) is 7.78. The number of benzene rings is 2. The molecule has 0 bridgehead atoms. The van der Waals surface area contributed by atoms with Gasteiger partial charge in [-0.3, -0.25) is 4.98 Å². The van der Waals surface area contributed by atoms with E-state index in [0.717, 1.165) is 21.1 Å². The zero-order chi connectivity index (χ0) is 15.5. The van der Waals surface area contributed by atoms with Crippen molar-refractivity contribution < 1.29 is 0 Å². The van der Waals surface area contributed by atoms with E-state index >= 15 is 0 Å². The van der Waals surface area contributed by atoms with Crippen molar-refractivity contribution in [3.05, 3.63) is 70.3 Å². The van der Waals surface area contributed by atoms with E-state index in [0.29, 0.717) is 5.56 Å². The van der Waals surface area contributed by atoms with Crippen molar-refractivity contribution in [2.24, 2.45) is 0 Å². The number of nitriles is 1. The fourth-order valence-corrected chi connectivity index (χ4v) is 2.81. The number of rotatable bonds is 3. The molecule has 0 amide bonds. The SMILES string of the molecule is CC(Nc1c(C#N)cnc2ccc(Br)cc12)c1ccccc1. The lowest BCUT2D eigenvalue weighted by Gasteiger charge is -2.18. The molecule has 0 spiro atoms. The molecule has 3 nitrogen and oxygen atoms in total. The molecule has 22 heavy (non-hydrogen) atoms. The van der Waals surface area contributed by atoms with E-state index in [4.69, 9.17) is 0 Å². The zero-order valence-corrected chi connectivity index (χ0v) is 13.6. The Morgan fingerprint density at radius 1 is 1.18 bits per heavy atom. The second-order valence-corrected chi connectivity index (χ2v) is 6.01. The maximum Gasteiger partial charge on any atom is 0.103 e. The van der Waals surface area contributed by atoms with Crippen LogP contribution >= 0.6 is 15.9 Å². The molecule has 0 aliphatic heterocycles. The van der Waals surface area contributed by atoms with Gasteiger partial charge >= 0.3 is 0 Å². The summed E-state index contributed by atoms with van der Waals surface area (Å²) in [5.74, 6) is 0. The normalized spacial score (nSPS) is 11.9. The number of halogens is 1. The third-order valence-electron chi connectivity index (χ3n) is 3.61. The van der Waals surface area contributed by atoms with E-state index in [2.05, 4.69) is 51.4 Å². The van der Waals surface area contributed by atoms with Gasteiger partial charge in [0.2, 0.25) is 0 Å². The summed E-state index contributed by atoms with van der Waals surface area (Å²) in [5, 5.41) is 13.8. The average molecular weight is 352 g/mol. The van der Waals surface area contributed by atoms with Crippen LogP contribution in [-0.4, -0.2) is 4.98 Å². The van der Waals surface area contributed by atoms with Crippen LogP contribution in [0.25, 0.3) is 10.9 Å². The third kappa shape index (κ3) is 2.81. The highest BCUT2D eigenvalue weighted by molar-refractivity contribution is 9.10. The van der Waals surface area contributed by atoms with E-state index in [1.165, 1.54) is 5.56 Å². The molecule has 1 heterocycles. The highest BCUT2D eigenvalue weighted by Gasteiger charge is 2.13. The smallest absolute Gasteiger partial charge is 0.103 e. The second kappa shape index (κ2) is 6.17. The topological polar surface area (TPSA) is 48.7 Å². The molecule has 0 radical (unpaired) electrons. The van der Waals surface area contributed by atoms with Gasteiger partial charge in [0.15, 0.2) is 0 Å². The van der Waals surface area contributed by atoms with Crippen LogP contribution in [0.2, 0.25) is 0 Å². The first-order chi connectivity index (χ1) is 10.7. The summed E-state index contributed by atoms with van der Waals surface area (Å²) in [4.78, 5) is 4.35. The molecule has 1 N–H and O–H groups in total. The predicted octanol–water partition coefficient (Wildman–Crippen LogP) is 5.04. The largest absolute Gasteiger partial charge is 0.377 e. The number of hydrogen-bond acceptors (Lipinski definition) is 3. The summed E-state index contributed by atoms with van der Waals surface area (Å²) in [6.45, 7) is 2.08. The number of nitrogens with zero attached hydrogens (tertiary/aromatic N) is 2. The molecular formula is C18H14BrN3. The molecule has 0 saturated heterocycles. The van der Waals surface area contributed by atoms with Gasteiger partial charge in [0, 0.05) is 22.1 Å². The van der Waals surface area contributed by atoms with Gasteiger partial charge in [0.05, 0.1) is 16.8 Å². The monoisotopic (exact) mass is 351 g/mol. The number of pyridine rings is 1. The lowest BCUT2D eigenvalue weighted by atomic mass is 10.1. The molecular weight excluding hydrogens is 338 g/mol. The molecule has 0 fully saturated rings. The van der Waals surface area contributed by atoms with Crippen LogP contribution in [0.3, 0.4) is 0 Å². The molecule has 2 aromatic carbocycles. The third-order valence-corrected chi connectivity index (χ3v) is 4.10. The molecule has 0 aliphatic carbocycles. The highest BCUT2D eigenvalue weighted by atomic mass is 79.9. The lowest BCUT2D eigenvalue weighted by Crippen LogP contribution is -2.08. The van der Waals surface area contributed by atoms with Gasteiger partial charge in [-0.25, -0.2) is 0 Å². The Labute approximate surface area is 137 Å². The van der Waals surface area contributed by atoms with E-state index in [1.807, 2.05) is 36.4 Å². The Morgan fingerprint density at radius 2 is 1.95 bits per heavy atom. The maximum absolute atomic E-state index is 9.39. The zero-order valence-electron chi connectivity index (χ0n) is 12.0. The van der Waals surface area contributed by atoms with Crippen molar-refractivity contribution in [1.29, 1.82) is 5.26 Å². The molecule has 3 aromatic rings. The van der Waals surface area contributed by atoms with Crippen LogP contribution in [0, 0.1) is 11.3 Å². The predicted molar refractivity (Wildman–Crippen MR) is 92.6 cm³/mol. The van der Waals surface area contributed by atoms with Gasteiger partial charge < -0.3 is 5.32 Å². The number of anilines is 1. The van der Waals surface area contributed by atoms with E-state index in [-0.39, 0.29) is 6.04 Å².